The summed E-state index contributed by atoms with van der Waals surface area (Å²) >= 11 is 11.8. The normalized spacial score (nSPS) is 10.8. The van der Waals surface area contributed by atoms with Gasteiger partial charge in [-0.15, -0.1) is 5.10 Å². The number of hydrogen-bond donors (Lipinski definition) is 1. The van der Waals surface area contributed by atoms with Crippen molar-refractivity contribution in [3.8, 4) is 5.69 Å². The van der Waals surface area contributed by atoms with E-state index in [4.69, 9.17) is 28.9 Å². The maximum Gasteiger partial charge on any atom is 0.169 e. The Hall–Kier alpha value is -1.26. The van der Waals surface area contributed by atoms with Crippen LogP contribution in [-0.4, -0.2) is 15.0 Å². The van der Waals surface area contributed by atoms with E-state index >= 15 is 0 Å². The lowest BCUT2D eigenvalue weighted by molar-refractivity contribution is 0.746. The fourth-order valence-corrected chi connectivity index (χ4v) is 1.90. The van der Waals surface area contributed by atoms with E-state index in [1.165, 1.54) is 0 Å². The molecule has 0 aliphatic carbocycles. The van der Waals surface area contributed by atoms with E-state index in [0.29, 0.717) is 15.9 Å². The number of nitrogens with zero attached hydrogens (tertiary/aromatic N) is 3. The summed E-state index contributed by atoms with van der Waals surface area (Å²) in [4.78, 5) is 0. The predicted molar refractivity (Wildman–Crippen MR) is 69.8 cm³/mol. The second kappa shape index (κ2) is 4.94. The molecule has 0 amide bonds. The average molecular weight is 271 g/mol. The molecule has 0 radical (unpaired) electrons. The van der Waals surface area contributed by atoms with Crippen LogP contribution >= 0.6 is 23.2 Å². The maximum absolute atomic E-state index is 5.98. The molecule has 90 valence electrons. The number of nitrogens with two attached hydrogens (primary N) is 1. The Labute approximate surface area is 109 Å². The first-order valence-corrected chi connectivity index (χ1v) is 6.04. The Morgan fingerprint density at radius 1 is 1.29 bits per heavy atom. The highest BCUT2D eigenvalue weighted by molar-refractivity contribution is 6.42. The van der Waals surface area contributed by atoms with Crippen LogP contribution in [0, 0.1) is 0 Å². The Kier molecular flexibility index (Phi) is 3.54. The van der Waals surface area contributed by atoms with E-state index in [2.05, 4.69) is 17.2 Å². The molecule has 2 aromatic rings. The fraction of sp³-hybridized carbons (Fsp3) is 0.273. The molecule has 0 bridgehead atoms. The van der Waals surface area contributed by atoms with Crippen LogP contribution in [0.5, 0.6) is 0 Å². The van der Waals surface area contributed by atoms with Gasteiger partial charge >= 0.3 is 0 Å². The van der Waals surface area contributed by atoms with Crippen molar-refractivity contribution in [1.82, 2.24) is 15.0 Å². The molecular weight excluding hydrogens is 259 g/mol. The standard InChI is InChI=1S/C11H12Cl2N4/c1-2-3-10-11(14)15-16-17(10)7-4-5-8(12)9(13)6-7/h4-6H,2-3,14H2,1H3. The van der Waals surface area contributed by atoms with Crippen LogP contribution in [-0.2, 0) is 6.42 Å². The van der Waals surface area contributed by atoms with Gasteiger partial charge in [-0.2, -0.15) is 0 Å². The zero-order chi connectivity index (χ0) is 12.4. The lowest BCUT2D eigenvalue weighted by Gasteiger charge is -2.06. The van der Waals surface area contributed by atoms with Crippen LogP contribution in [0.4, 0.5) is 5.82 Å². The van der Waals surface area contributed by atoms with Gasteiger partial charge in [0.2, 0.25) is 0 Å². The minimum absolute atomic E-state index is 0.456. The lowest BCUT2D eigenvalue weighted by atomic mass is 10.2. The minimum atomic E-state index is 0.456. The smallest absolute Gasteiger partial charge is 0.169 e. The molecule has 4 nitrogen and oxygen atoms in total. The van der Waals surface area contributed by atoms with Crippen molar-refractivity contribution in [3.05, 3.63) is 33.9 Å². The van der Waals surface area contributed by atoms with Gasteiger partial charge in [-0.25, -0.2) is 4.68 Å². The molecule has 2 N–H and O–H groups in total. The Morgan fingerprint density at radius 2 is 2.06 bits per heavy atom. The summed E-state index contributed by atoms with van der Waals surface area (Å²) in [7, 11) is 0. The highest BCUT2D eigenvalue weighted by atomic mass is 35.5. The van der Waals surface area contributed by atoms with E-state index < -0.39 is 0 Å². The van der Waals surface area contributed by atoms with Crippen LogP contribution in [0.15, 0.2) is 18.2 Å². The molecule has 0 aliphatic heterocycles. The van der Waals surface area contributed by atoms with Crippen molar-refractivity contribution in [2.45, 2.75) is 19.8 Å². The minimum Gasteiger partial charge on any atom is -0.381 e. The van der Waals surface area contributed by atoms with Gasteiger partial charge < -0.3 is 5.73 Å². The molecule has 0 saturated heterocycles. The van der Waals surface area contributed by atoms with Crippen LogP contribution in [0.25, 0.3) is 5.69 Å². The van der Waals surface area contributed by atoms with E-state index in [-0.39, 0.29) is 0 Å². The molecule has 2 rings (SSSR count). The van der Waals surface area contributed by atoms with Gasteiger partial charge in [0.15, 0.2) is 5.82 Å². The van der Waals surface area contributed by atoms with E-state index in [1.54, 1.807) is 16.8 Å². The van der Waals surface area contributed by atoms with Gasteiger partial charge in [-0.1, -0.05) is 41.8 Å². The van der Waals surface area contributed by atoms with Gasteiger partial charge in [0, 0.05) is 0 Å². The Bertz CT molecular complexity index is 536. The second-order valence-electron chi connectivity index (χ2n) is 3.68. The molecule has 0 aliphatic rings. The molecular formula is C11H12Cl2N4. The summed E-state index contributed by atoms with van der Waals surface area (Å²) in [5.41, 5.74) is 7.49. The van der Waals surface area contributed by atoms with E-state index in [0.717, 1.165) is 24.2 Å². The third-order valence-corrected chi connectivity index (χ3v) is 3.17. The topological polar surface area (TPSA) is 56.7 Å². The third kappa shape index (κ3) is 2.37. The molecule has 0 fully saturated rings. The zero-order valence-electron chi connectivity index (χ0n) is 9.32. The lowest BCUT2D eigenvalue weighted by Crippen LogP contribution is -2.03. The summed E-state index contributed by atoms with van der Waals surface area (Å²) in [5.74, 6) is 0.456. The first-order chi connectivity index (χ1) is 8.13. The summed E-state index contributed by atoms with van der Waals surface area (Å²) < 4.78 is 1.70. The number of halogens is 2. The number of aromatic nitrogens is 3. The quantitative estimate of drug-likeness (QED) is 0.933. The molecule has 0 atom stereocenters. The molecule has 0 spiro atoms. The van der Waals surface area contributed by atoms with Gasteiger partial charge in [0.05, 0.1) is 21.4 Å². The number of anilines is 1. The highest BCUT2D eigenvalue weighted by Crippen LogP contribution is 2.25. The number of hydrogen-bond acceptors (Lipinski definition) is 3. The van der Waals surface area contributed by atoms with Crippen molar-refractivity contribution >= 4 is 29.0 Å². The maximum atomic E-state index is 5.98. The van der Waals surface area contributed by atoms with Crippen molar-refractivity contribution in [2.24, 2.45) is 0 Å². The Morgan fingerprint density at radius 3 is 2.71 bits per heavy atom. The summed E-state index contributed by atoms with van der Waals surface area (Å²) in [6.07, 6.45) is 1.79. The van der Waals surface area contributed by atoms with Crippen molar-refractivity contribution < 1.29 is 0 Å². The fourth-order valence-electron chi connectivity index (χ4n) is 1.61. The van der Waals surface area contributed by atoms with Crippen molar-refractivity contribution in [1.29, 1.82) is 0 Å². The van der Waals surface area contributed by atoms with Crippen LogP contribution in [0.1, 0.15) is 19.0 Å². The SMILES string of the molecule is CCCc1c(N)nnn1-c1ccc(Cl)c(Cl)c1. The number of benzene rings is 1. The number of rotatable bonds is 3. The van der Waals surface area contributed by atoms with Gasteiger partial charge in [-0.3, -0.25) is 0 Å². The summed E-state index contributed by atoms with van der Waals surface area (Å²) in [6, 6.07) is 5.31. The molecule has 6 heteroatoms. The second-order valence-corrected chi connectivity index (χ2v) is 4.50. The molecule has 0 unspecified atom stereocenters. The molecule has 0 saturated carbocycles. The molecule has 1 aromatic carbocycles. The van der Waals surface area contributed by atoms with E-state index in [9.17, 15) is 0 Å². The summed E-state index contributed by atoms with van der Waals surface area (Å²) in [6.45, 7) is 2.08. The van der Waals surface area contributed by atoms with Crippen LogP contribution < -0.4 is 5.73 Å². The van der Waals surface area contributed by atoms with Gasteiger partial charge in [0.25, 0.3) is 0 Å². The first kappa shape index (κ1) is 12.2. The van der Waals surface area contributed by atoms with Gasteiger partial charge in [-0.05, 0) is 24.6 Å². The predicted octanol–water partition coefficient (Wildman–Crippen LogP) is 3.11. The van der Waals surface area contributed by atoms with Crippen molar-refractivity contribution in [2.75, 3.05) is 5.73 Å². The van der Waals surface area contributed by atoms with E-state index in [1.807, 2.05) is 6.07 Å². The first-order valence-electron chi connectivity index (χ1n) is 5.29. The Balaban J connectivity index is 2.48. The van der Waals surface area contributed by atoms with Gasteiger partial charge in [0.1, 0.15) is 0 Å². The average Bonchev–Trinajstić information content (AvgIpc) is 2.66. The molecule has 1 heterocycles. The monoisotopic (exact) mass is 270 g/mol. The highest BCUT2D eigenvalue weighted by Gasteiger charge is 2.11. The van der Waals surface area contributed by atoms with Crippen LogP contribution in [0.2, 0.25) is 10.0 Å². The molecule has 1 aromatic heterocycles. The molecule has 17 heavy (non-hydrogen) atoms. The van der Waals surface area contributed by atoms with Crippen LogP contribution in [0.3, 0.4) is 0 Å². The zero-order valence-corrected chi connectivity index (χ0v) is 10.8. The largest absolute Gasteiger partial charge is 0.381 e. The van der Waals surface area contributed by atoms with Crippen molar-refractivity contribution in [3.63, 3.8) is 0 Å². The summed E-state index contributed by atoms with van der Waals surface area (Å²) in [5, 5.41) is 8.89. The number of nitrogen functional groups attached to an aromatic ring is 1. The third-order valence-electron chi connectivity index (χ3n) is 2.43.